The van der Waals surface area contributed by atoms with Crippen LogP contribution < -0.4 is 10.6 Å². The molecule has 6 nitrogen and oxygen atoms in total. The van der Waals surface area contributed by atoms with Crippen molar-refractivity contribution in [2.45, 2.75) is 13.3 Å². The van der Waals surface area contributed by atoms with Gasteiger partial charge in [-0.3, -0.25) is 14.7 Å². The zero-order valence-corrected chi connectivity index (χ0v) is 10.7. The van der Waals surface area contributed by atoms with Gasteiger partial charge in [-0.1, -0.05) is 6.07 Å². The van der Waals surface area contributed by atoms with Crippen LogP contribution in [0.25, 0.3) is 10.9 Å². The Labute approximate surface area is 110 Å². The molecule has 0 bridgehead atoms. The fraction of sp³-hybridized carbons (Fsp3) is 0.308. The molecule has 0 unspecified atom stereocenters. The van der Waals surface area contributed by atoms with Crippen LogP contribution in [0.1, 0.15) is 23.7 Å². The van der Waals surface area contributed by atoms with Gasteiger partial charge in [-0.25, -0.2) is 0 Å². The Hall–Kier alpha value is -2.37. The lowest BCUT2D eigenvalue weighted by Crippen LogP contribution is -2.30. The summed E-state index contributed by atoms with van der Waals surface area (Å²) in [6.07, 6.45) is 1.98. The molecule has 1 heterocycles. The molecule has 0 spiro atoms. The van der Waals surface area contributed by atoms with Crippen molar-refractivity contribution in [3.8, 4) is 0 Å². The highest BCUT2D eigenvalue weighted by Gasteiger charge is 2.07. The van der Waals surface area contributed by atoms with E-state index in [9.17, 15) is 9.59 Å². The predicted octanol–water partition coefficient (Wildman–Crippen LogP) is 0.819. The van der Waals surface area contributed by atoms with Crippen molar-refractivity contribution in [2.75, 3.05) is 13.1 Å². The Balaban J connectivity index is 1.90. The quantitative estimate of drug-likeness (QED) is 0.743. The molecular weight excluding hydrogens is 244 g/mol. The molecule has 0 aliphatic carbocycles. The standard InChI is InChI=1S/C13H16N4O2/c1-2-14-12(18)5-6-15-13(19)9-3-4-10-8-16-17-11(10)7-9/h3-4,7-8H,2,5-6H2,1H3,(H,14,18)(H,15,19)(H,16,17). The minimum atomic E-state index is -0.194. The van der Waals surface area contributed by atoms with Crippen LogP contribution in [0.2, 0.25) is 0 Å². The first-order valence-electron chi connectivity index (χ1n) is 6.18. The fourth-order valence-corrected chi connectivity index (χ4v) is 1.76. The molecule has 2 amide bonds. The van der Waals surface area contributed by atoms with Crippen molar-refractivity contribution < 1.29 is 9.59 Å². The van der Waals surface area contributed by atoms with Crippen LogP contribution >= 0.6 is 0 Å². The molecule has 0 aliphatic rings. The molecule has 0 fully saturated rings. The lowest BCUT2D eigenvalue weighted by atomic mass is 10.1. The van der Waals surface area contributed by atoms with Crippen LogP contribution in [0, 0.1) is 0 Å². The van der Waals surface area contributed by atoms with E-state index in [0.29, 0.717) is 18.7 Å². The second kappa shape index (κ2) is 5.99. The second-order valence-corrected chi connectivity index (χ2v) is 4.13. The molecule has 3 N–H and O–H groups in total. The van der Waals surface area contributed by atoms with E-state index in [4.69, 9.17) is 0 Å². The van der Waals surface area contributed by atoms with Crippen LogP contribution in [0.4, 0.5) is 0 Å². The fourth-order valence-electron chi connectivity index (χ4n) is 1.76. The van der Waals surface area contributed by atoms with Gasteiger partial charge in [-0.05, 0) is 19.1 Å². The van der Waals surface area contributed by atoms with Crippen LogP contribution in [0.3, 0.4) is 0 Å². The zero-order valence-electron chi connectivity index (χ0n) is 10.7. The molecule has 1 aromatic heterocycles. The average molecular weight is 260 g/mol. The third-order valence-electron chi connectivity index (χ3n) is 2.72. The SMILES string of the molecule is CCNC(=O)CCNC(=O)c1ccc2cn[nH]c2c1. The van der Waals surface area contributed by atoms with E-state index in [2.05, 4.69) is 20.8 Å². The average Bonchev–Trinajstić information content (AvgIpc) is 2.86. The van der Waals surface area contributed by atoms with Gasteiger partial charge in [0.05, 0.1) is 11.7 Å². The first kappa shape index (κ1) is 13.1. The number of H-pyrrole nitrogens is 1. The third kappa shape index (κ3) is 3.31. The van der Waals surface area contributed by atoms with Gasteiger partial charge in [0, 0.05) is 30.5 Å². The van der Waals surface area contributed by atoms with Crippen LogP contribution in [0.15, 0.2) is 24.4 Å². The largest absolute Gasteiger partial charge is 0.356 e. The van der Waals surface area contributed by atoms with Gasteiger partial charge in [-0.15, -0.1) is 0 Å². The monoisotopic (exact) mass is 260 g/mol. The number of hydrogen-bond donors (Lipinski definition) is 3. The highest BCUT2D eigenvalue weighted by atomic mass is 16.2. The molecule has 0 atom stereocenters. The van der Waals surface area contributed by atoms with E-state index in [1.807, 2.05) is 13.0 Å². The summed E-state index contributed by atoms with van der Waals surface area (Å²) in [5, 5.41) is 13.1. The Morgan fingerprint density at radius 3 is 2.95 bits per heavy atom. The highest BCUT2D eigenvalue weighted by molar-refractivity contribution is 5.97. The Kier molecular flexibility index (Phi) is 4.12. The number of nitrogens with one attached hydrogen (secondary N) is 3. The number of carbonyl (C=O) groups excluding carboxylic acids is 2. The predicted molar refractivity (Wildman–Crippen MR) is 71.7 cm³/mol. The van der Waals surface area contributed by atoms with Gasteiger partial charge in [-0.2, -0.15) is 5.10 Å². The maximum absolute atomic E-state index is 11.9. The molecular formula is C13H16N4O2. The number of carbonyl (C=O) groups is 2. The summed E-state index contributed by atoms with van der Waals surface area (Å²) in [7, 11) is 0. The van der Waals surface area contributed by atoms with E-state index >= 15 is 0 Å². The minimum absolute atomic E-state index is 0.0631. The maximum atomic E-state index is 11.9. The number of hydrogen-bond acceptors (Lipinski definition) is 3. The summed E-state index contributed by atoms with van der Waals surface area (Å²) in [5.74, 6) is -0.257. The van der Waals surface area contributed by atoms with Crippen LogP contribution in [-0.2, 0) is 4.79 Å². The van der Waals surface area contributed by atoms with Gasteiger partial charge in [0.15, 0.2) is 0 Å². The van der Waals surface area contributed by atoms with Crippen molar-refractivity contribution in [3.63, 3.8) is 0 Å². The third-order valence-corrected chi connectivity index (χ3v) is 2.72. The summed E-state index contributed by atoms with van der Waals surface area (Å²) in [5.41, 5.74) is 1.36. The minimum Gasteiger partial charge on any atom is -0.356 e. The molecule has 0 saturated carbocycles. The molecule has 6 heteroatoms. The lowest BCUT2D eigenvalue weighted by Gasteiger charge is -2.05. The zero-order chi connectivity index (χ0) is 13.7. The van der Waals surface area contributed by atoms with Crippen molar-refractivity contribution in [3.05, 3.63) is 30.0 Å². The number of nitrogens with zero attached hydrogens (tertiary/aromatic N) is 1. The van der Waals surface area contributed by atoms with Crippen molar-refractivity contribution >= 4 is 22.7 Å². The van der Waals surface area contributed by atoms with Crippen molar-refractivity contribution in [2.24, 2.45) is 0 Å². The number of rotatable bonds is 5. The Bertz CT molecular complexity index is 591. The molecule has 0 aliphatic heterocycles. The first-order chi connectivity index (χ1) is 9.20. The van der Waals surface area contributed by atoms with E-state index in [1.54, 1.807) is 18.3 Å². The second-order valence-electron chi connectivity index (χ2n) is 4.13. The van der Waals surface area contributed by atoms with Gasteiger partial charge in [0.2, 0.25) is 5.91 Å². The van der Waals surface area contributed by atoms with Crippen molar-refractivity contribution in [1.82, 2.24) is 20.8 Å². The number of amides is 2. The smallest absolute Gasteiger partial charge is 0.251 e. The first-order valence-corrected chi connectivity index (χ1v) is 6.18. The van der Waals surface area contributed by atoms with Crippen LogP contribution in [-0.4, -0.2) is 35.1 Å². The molecule has 1 aromatic carbocycles. The van der Waals surface area contributed by atoms with Gasteiger partial charge in [0.1, 0.15) is 0 Å². The van der Waals surface area contributed by atoms with Crippen molar-refractivity contribution in [1.29, 1.82) is 0 Å². The van der Waals surface area contributed by atoms with E-state index in [-0.39, 0.29) is 18.2 Å². The van der Waals surface area contributed by atoms with E-state index in [1.165, 1.54) is 0 Å². The van der Waals surface area contributed by atoms with Crippen LogP contribution in [0.5, 0.6) is 0 Å². The Morgan fingerprint density at radius 2 is 2.16 bits per heavy atom. The molecule has 2 rings (SSSR count). The maximum Gasteiger partial charge on any atom is 0.251 e. The number of benzene rings is 1. The van der Waals surface area contributed by atoms with E-state index in [0.717, 1.165) is 10.9 Å². The Morgan fingerprint density at radius 1 is 1.32 bits per heavy atom. The van der Waals surface area contributed by atoms with Gasteiger partial charge < -0.3 is 10.6 Å². The summed E-state index contributed by atoms with van der Waals surface area (Å²) < 4.78 is 0. The van der Waals surface area contributed by atoms with Gasteiger partial charge >= 0.3 is 0 Å². The lowest BCUT2D eigenvalue weighted by molar-refractivity contribution is -0.120. The summed E-state index contributed by atoms with van der Waals surface area (Å²) >= 11 is 0. The summed E-state index contributed by atoms with van der Waals surface area (Å²) in [4.78, 5) is 23.1. The van der Waals surface area contributed by atoms with E-state index < -0.39 is 0 Å². The topological polar surface area (TPSA) is 86.9 Å². The summed E-state index contributed by atoms with van der Waals surface area (Å²) in [6, 6.07) is 5.31. The highest BCUT2D eigenvalue weighted by Crippen LogP contribution is 2.12. The normalized spacial score (nSPS) is 10.4. The molecule has 19 heavy (non-hydrogen) atoms. The number of fused-ring (bicyclic) bond motifs is 1. The van der Waals surface area contributed by atoms with Gasteiger partial charge in [0.25, 0.3) is 5.91 Å². The molecule has 2 aromatic rings. The number of aromatic amines is 1. The molecule has 0 radical (unpaired) electrons. The molecule has 100 valence electrons. The number of aromatic nitrogens is 2. The molecule has 0 saturated heterocycles. The summed E-state index contributed by atoms with van der Waals surface area (Å²) in [6.45, 7) is 2.78.